The van der Waals surface area contributed by atoms with Crippen LogP contribution in [0.3, 0.4) is 0 Å². The first-order chi connectivity index (χ1) is 65.3. The van der Waals surface area contributed by atoms with E-state index in [1.807, 2.05) is 300 Å². The maximum Gasteiger partial charge on any atom is 0.260 e. The number of rotatable bonds is 11. The van der Waals surface area contributed by atoms with E-state index in [9.17, 15) is 1.37 Å². The van der Waals surface area contributed by atoms with E-state index in [1.54, 1.807) is 30.4 Å². The van der Waals surface area contributed by atoms with Crippen LogP contribution in [0.4, 0.5) is 0 Å². The first-order valence-electron chi connectivity index (χ1n) is 51.3. The fourth-order valence-electron chi connectivity index (χ4n) is 19.6. The summed E-state index contributed by atoms with van der Waals surface area (Å²) in [5.41, 5.74) is 20.5. The molecule has 9 aromatic carbocycles. The van der Waals surface area contributed by atoms with Crippen molar-refractivity contribution < 1.29 is 48.9 Å². The number of imidazole rings is 5. The minimum absolute atomic E-state index is 0.00991. The van der Waals surface area contributed by atoms with E-state index in [1.165, 1.54) is 29.0 Å². The minimum atomic E-state index is -2.43. The number of fused-ring (bicyclic) bond motifs is 5. The van der Waals surface area contributed by atoms with Gasteiger partial charge >= 0.3 is 0 Å². The highest BCUT2D eigenvalue weighted by molar-refractivity contribution is 5.61. The molecule has 3 unspecified atom stereocenters. The Bertz CT molecular complexity index is 7100. The van der Waals surface area contributed by atoms with Gasteiger partial charge in [-0.15, -0.1) is 0 Å². The first-order valence-corrected chi connectivity index (χ1v) is 41.8. The SMILES string of the molecule is [2H]C([2H])([2H])c1n(-c2ccccc2C)c(C)c2[n+]1C([2H])(C1CCCC1)C=C2.[2H]C([2H])([2H])c1n(-c2ccccc2C)c(C)c2[n+]1C([2H])([2H])C=C2.[2H]C([2H])([2H])c1n(-c2ccccc2C)c(C)c2[n+]1C([2H])(c1ccccc1)C=C2.[2H]C([2H])([2H])c1n(-c2ccccc2C)c(C)c2[n+]1C(c1ccccc1)(C1CCCC1)C=C2.[2H]C([2H])([2H])c1n(-c2ccccc2C)c(C)c2[n+]1C(c1ccccc1)(c1ccccc1)C=C2. The molecule has 0 spiro atoms. The minimum Gasteiger partial charge on any atom is -0.224 e. The van der Waals surface area contributed by atoms with Gasteiger partial charge < -0.3 is 0 Å². The molecule has 21 rings (SSSR count). The van der Waals surface area contributed by atoms with Crippen LogP contribution in [0.15, 0.2) is 273 Å². The largest absolute Gasteiger partial charge is 0.260 e. The Balaban J connectivity index is 0.000000120. The molecule has 0 saturated heterocycles. The molecule has 5 aliphatic heterocycles. The lowest BCUT2D eigenvalue weighted by Gasteiger charge is -2.33. The maximum absolute atomic E-state index is 9.22. The van der Waals surface area contributed by atoms with Gasteiger partial charge in [0, 0.05) is 124 Å². The standard InChI is InChI=1S/C27H25N2.C26H29N2.C21H21N2.C20H25N2.C15H17N2/c1-20-12-10-11-17-25(20)28-21(2)26-18-19-27(29(26)22(28)3,23-13-6-4-7-14-23)24-15-8-5-9-16-24;1-19-11-7-10-16-24(19)27-20(2)25-17-18-26(28(25)21(27)3,23-14-8-9-15-23)22-12-5-4-6-13-22;1-15-9-7-8-12-19(15)22-16(2)20-13-14-21(23(20)17(22)3)18-10-5-4-6-11-18;1-14-8-4-7-11-18(14)21-15(2)19-12-13-20(22(19)16(21)3)17-9-5-6-10-17;1-11-7-4-5-8-14(11)17-12(2)15-9-6-10-16(15)13(17)3/h4-19H,1-3H3;4-7,10-13,16-18,23H,8-9,14-15H2,1-3H3;4-14,21H,1-3H3;4,7-8,11-13,17,20H,5-6,9-10H2,1-3H3;4-9H,10H2,1-3H3/q5*+1/i2*3D3;3D3,21D;3D3,20D;3D3,10D2. The fourth-order valence-corrected chi connectivity index (χ4v) is 19.6. The second kappa shape index (κ2) is 32.9. The Kier molecular flexibility index (Phi) is 16.4. The summed E-state index contributed by atoms with van der Waals surface area (Å²) in [4.78, 5) is 0. The Hall–Kier alpha value is -12.3. The van der Waals surface area contributed by atoms with Crippen LogP contribution in [0.1, 0.15) is 226 Å². The number of benzene rings is 9. The van der Waals surface area contributed by atoms with Crippen molar-refractivity contribution in [1.29, 1.82) is 0 Å². The molecular weight excluding hydrogens is 1450 g/mol. The summed E-state index contributed by atoms with van der Waals surface area (Å²) >= 11 is 0. The smallest absolute Gasteiger partial charge is 0.224 e. The summed E-state index contributed by atoms with van der Waals surface area (Å²) in [5, 5.41) is 0. The van der Waals surface area contributed by atoms with Crippen LogP contribution in [0.25, 0.3) is 58.8 Å². The van der Waals surface area contributed by atoms with Crippen LogP contribution >= 0.6 is 0 Å². The van der Waals surface area contributed by atoms with E-state index in [0.717, 1.165) is 163 Å². The summed E-state index contributed by atoms with van der Waals surface area (Å²) in [5.74, 6) is 1.62. The highest BCUT2D eigenvalue weighted by Crippen LogP contribution is 2.47. The van der Waals surface area contributed by atoms with Crippen LogP contribution in [0, 0.1) is 115 Å². The number of allylic oxidation sites excluding steroid dienone is 5. The first kappa shape index (κ1) is 59.4. The van der Waals surface area contributed by atoms with Crippen LogP contribution < -0.4 is 22.8 Å². The van der Waals surface area contributed by atoms with Gasteiger partial charge in [-0.05, 0) is 179 Å². The summed E-state index contributed by atoms with van der Waals surface area (Å²) in [6.45, 7) is 6.16. The zero-order valence-electron chi connectivity index (χ0n) is 88.7. The van der Waals surface area contributed by atoms with Crippen LogP contribution in [0.5, 0.6) is 0 Å². The van der Waals surface area contributed by atoms with Crippen molar-refractivity contribution >= 4 is 30.4 Å². The van der Waals surface area contributed by atoms with E-state index in [-0.39, 0.29) is 23.4 Å². The van der Waals surface area contributed by atoms with Gasteiger partial charge in [-0.3, -0.25) is 0 Å². The van der Waals surface area contributed by atoms with Crippen molar-refractivity contribution in [3.63, 3.8) is 0 Å². The number of aryl methyl sites for hydroxylation is 5. The highest BCUT2D eigenvalue weighted by atomic mass is 15.3. The molecule has 10 nitrogen and oxygen atoms in total. The predicted molar refractivity (Wildman–Crippen MR) is 486 cm³/mol. The van der Waals surface area contributed by atoms with E-state index in [0.29, 0.717) is 23.3 Å². The van der Waals surface area contributed by atoms with Crippen LogP contribution in [0.2, 0.25) is 0 Å². The second-order valence-corrected chi connectivity index (χ2v) is 32.4. The van der Waals surface area contributed by atoms with Crippen molar-refractivity contribution in [2.24, 2.45) is 11.8 Å². The molecule has 14 aromatic rings. The predicted octanol–water partition coefficient (Wildman–Crippen LogP) is 22.6. The average Bonchev–Trinajstić information content (AvgIpc) is 1.54. The molecule has 5 aromatic heterocycles. The average molecular weight is 1590 g/mol. The quantitative estimate of drug-likeness (QED) is 0.116. The molecule has 7 aliphatic rings. The molecule has 3 atom stereocenters. The molecule has 119 heavy (non-hydrogen) atoms. The molecule has 2 fully saturated rings. The van der Waals surface area contributed by atoms with Gasteiger partial charge in [0.15, 0.2) is 68.0 Å². The van der Waals surface area contributed by atoms with Gasteiger partial charge in [0.2, 0.25) is 0 Å². The maximum atomic E-state index is 9.22. The lowest BCUT2D eigenvalue weighted by Crippen LogP contribution is -2.60. The summed E-state index contributed by atoms with van der Waals surface area (Å²) in [7, 11) is 0. The number of nitrogens with zero attached hydrogens (tertiary/aromatic N) is 10. The third-order valence-corrected chi connectivity index (χ3v) is 25.6. The number of hydrogen-bond acceptors (Lipinski definition) is 0. The zero-order valence-corrected chi connectivity index (χ0v) is 69.7. The van der Waals surface area contributed by atoms with Gasteiger partial charge in [-0.25, -0.2) is 22.8 Å². The lowest BCUT2D eigenvalue weighted by atomic mass is 9.77. The third-order valence-electron chi connectivity index (χ3n) is 25.6. The van der Waals surface area contributed by atoms with Gasteiger partial charge in [-0.1, -0.05) is 238 Å². The Morgan fingerprint density at radius 1 is 0.336 bits per heavy atom. The molecule has 0 bridgehead atoms. The molecule has 0 N–H and O–H groups in total. The summed E-state index contributed by atoms with van der Waals surface area (Å²) in [6, 6.07) is 76.9. The summed E-state index contributed by atoms with van der Waals surface area (Å²) < 4.78 is 177. The van der Waals surface area contributed by atoms with E-state index in [4.69, 9.17) is 24.7 Å². The number of para-hydroxylation sites is 5. The second-order valence-electron chi connectivity index (χ2n) is 32.4. The summed E-state index contributed by atoms with van der Waals surface area (Å²) in [6.07, 6.45) is 28.0. The van der Waals surface area contributed by atoms with Gasteiger partial charge in [-0.2, -0.15) is 22.8 Å². The van der Waals surface area contributed by atoms with Gasteiger partial charge in [0.1, 0.15) is 47.0 Å². The van der Waals surface area contributed by atoms with Crippen molar-refractivity contribution in [2.45, 2.75) is 184 Å². The topological polar surface area (TPSA) is 44.0 Å². The molecular formula is C109H117N10+5. The molecule has 598 valence electrons. The Labute approximate surface area is 732 Å². The van der Waals surface area contributed by atoms with Gasteiger partial charge in [0.05, 0.1) is 5.48 Å². The molecule has 2 saturated carbocycles. The molecule has 0 radical (unpaired) electrons. The molecule has 10 heteroatoms. The van der Waals surface area contributed by atoms with Crippen molar-refractivity contribution in [1.82, 2.24) is 22.8 Å². The normalized spacial score (nSPS) is 21.8. The number of aromatic nitrogens is 10. The van der Waals surface area contributed by atoms with Gasteiger partial charge in [0.25, 0.3) is 29.1 Å². The Morgan fingerprint density at radius 2 is 0.697 bits per heavy atom. The third kappa shape index (κ3) is 13.6. The Morgan fingerprint density at radius 3 is 1.17 bits per heavy atom. The highest BCUT2D eigenvalue weighted by Gasteiger charge is 2.53. The van der Waals surface area contributed by atoms with Crippen molar-refractivity contribution in [3.05, 3.63) is 409 Å². The monoisotopic (exact) mass is 1590 g/mol. The zero-order chi connectivity index (χ0) is 98.7. The number of hydrogen-bond donors (Lipinski definition) is 0. The van der Waals surface area contributed by atoms with E-state index >= 15 is 0 Å². The lowest BCUT2D eigenvalue weighted by molar-refractivity contribution is -0.752. The molecule has 2 aliphatic carbocycles. The molecule has 0 amide bonds. The van der Waals surface area contributed by atoms with E-state index < -0.39 is 63.9 Å². The molecule has 10 heterocycles. The van der Waals surface area contributed by atoms with Crippen LogP contribution in [-0.2, 0) is 17.6 Å². The van der Waals surface area contributed by atoms with Crippen LogP contribution in [-0.4, -0.2) is 22.8 Å². The van der Waals surface area contributed by atoms with E-state index in [2.05, 4.69) is 77.4 Å². The fraction of sp³-hybridized carbons (Fsp3) is 0.275. The van der Waals surface area contributed by atoms with Crippen molar-refractivity contribution in [2.75, 3.05) is 0 Å². The van der Waals surface area contributed by atoms with Crippen molar-refractivity contribution in [3.8, 4) is 28.4 Å².